The van der Waals surface area contributed by atoms with Crippen LogP contribution in [0.4, 0.5) is 0 Å². The van der Waals surface area contributed by atoms with Crippen molar-refractivity contribution < 1.29 is 17.7 Å². The summed E-state index contributed by atoms with van der Waals surface area (Å²) >= 11 is 0. The van der Waals surface area contributed by atoms with Gasteiger partial charge in [-0.05, 0) is 39.8 Å². The summed E-state index contributed by atoms with van der Waals surface area (Å²) in [7, 11) is -3.36. The molecule has 0 unspecified atom stereocenters. The maximum atomic E-state index is 5.70. The van der Waals surface area contributed by atoms with Crippen LogP contribution in [0.15, 0.2) is 61.5 Å². The topological polar surface area (TPSA) is 36.9 Å². The molecular weight excluding hydrogens is 260 g/mol. The van der Waals surface area contributed by atoms with E-state index in [2.05, 4.69) is 6.58 Å². The molecule has 0 radical (unpaired) electrons. The molecule has 0 bridgehead atoms. The summed E-state index contributed by atoms with van der Waals surface area (Å²) in [5.41, 5.74) is 0. The third-order valence-corrected chi connectivity index (χ3v) is 3.53. The van der Waals surface area contributed by atoms with E-state index in [0.717, 1.165) is 0 Å². The van der Waals surface area contributed by atoms with Gasteiger partial charge in [0.25, 0.3) is 0 Å². The summed E-state index contributed by atoms with van der Waals surface area (Å²) in [4.78, 5) is 0. The van der Waals surface area contributed by atoms with Crippen molar-refractivity contribution in [3.05, 3.63) is 61.5 Å². The molecule has 0 aromatic rings. The number of hydrogen-bond donors (Lipinski definition) is 0. The van der Waals surface area contributed by atoms with E-state index < -0.39 is 9.05 Å². The first-order chi connectivity index (χ1) is 9.17. The van der Waals surface area contributed by atoms with Gasteiger partial charge in [-0.15, -0.1) is 0 Å². The maximum Gasteiger partial charge on any atom is 0.965 e. The average molecular weight is 282 g/mol. The number of hydrogen-bond acceptors (Lipinski definition) is 4. The van der Waals surface area contributed by atoms with Gasteiger partial charge < -0.3 is 17.7 Å². The van der Waals surface area contributed by atoms with E-state index in [0.29, 0.717) is 5.76 Å². The monoisotopic (exact) mass is 282 g/mol. The summed E-state index contributed by atoms with van der Waals surface area (Å²) in [6.07, 6.45) is 13.0. The van der Waals surface area contributed by atoms with Gasteiger partial charge in [-0.1, -0.05) is 24.8 Å². The van der Waals surface area contributed by atoms with Crippen LogP contribution in [0.5, 0.6) is 0 Å². The standard InChI is InChI=1S/C14H22O4Si/c1-6-11-15-19(16-12-7-2,17-13-8-3)18-14(9-4)10-5/h6-13H,4H2,1-3,5H3. The summed E-state index contributed by atoms with van der Waals surface area (Å²) in [6, 6.07) is 0. The molecule has 0 heterocycles. The van der Waals surface area contributed by atoms with Gasteiger partial charge in [0.05, 0.1) is 18.8 Å². The highest BCUT2D eigenvalue weighted by Gasteiger charge is 2.55. The Labute approximate surface area is 116 Å². The third kappa shape index (κ3) is 6.57. The zero-order chi connectivity index (χ0) is 14.6. The highest BCUT2D eigenvalue weighted by Crippen LogP contribution is 2.18. The van der Waals surface area contributed by atoms with Crippen molar-refractivity contribution in [1.29, 1.82) is 0 Å². The molecule has 0 saturated heterocycles. The first-order valence-electron chi connectivity index (χ1n) is 6.02. The lowest BCUT2D eigenvalue weighted by Crippen LogP contribution is -2.45. The van der Waals surface area contributed by atoms with Crippen LogP contribution in [-0.4, -0.2) is 9.05 Å². The summed E-state index contributed by atoms with van der Waals surface area (Å²) in [6.45, 7) is 11.0. The van der Waals surface area contributed by atoms with Crippen LogP contribution in [0.2, 0.25) is 0 Å². The van der Waals surface area contributed by atoms with Gasteiger partial charge in [0.15, 0.2) is 0 Å². The van der Waals surface area contributed by atoms with Gasteiger partial charge in [-0.2, -0.15) is 0 Å². The number of allylic oxidation sites excluding steroid dienone is 5. The molecule has 0 aliphatic heterocycles. The first-order valence-corrected chi connectivity index (χ1v) is 7.66. The van der Waals surface area contributed by atoms with E-state index in [1.807, 2.05) is 27.7 Å². The summed E-state index contributed by atoms with van der Waals surface area (Å²) < 4.78 is 22.3. The van der Waals surface area contributed by atoms with E-state index >= 15 is 0 Å². The molecule has 0 atom stereocenters. The van der Waals surface area contributed by atoms with Crippen molar-refractivity contribution in [2.24, 2.45) is 0 Å². The van der Waals surface area contributed by atoms with Crippen LogP contribution in [0.1, 0.15) is 27.7 Å². The minimum Gasteiger partial charge on any atom is -0.459 e. The molecule has 0 amide bonds. The molecule has 0 fully saturated rings. The molecule has 0 rings (SSSR count). The zero-order valence-electron chi connectivity index (χ0n) is 12.0. The smallest absolute Gasteiger partial charge is 0.459 e. The van der Waals surface area contributed by atoms with E-state index in [1.54, 1.807) is 30.4 Å². The molecule has 19 heavy (non-hydrogen) atoms. The predicted octanol–water partition coefficient (Wildman–Crippen LogP) is 4.18. The fraction of sp³-hybridized carbons (Fsp3) is 0.286. The fourth-order valence-corrected chi connectivity index (χ4v) is 2.68. The Morgan fingerprint density at radius 2 is 1.26 bits per heavy atom. The van der Waals surface area contributed by atoms with E-state index in [-0.39, 0.29) is 0 Å². The average Bonchev–Trinajstić information content (AvgIpc) is 2.45. The normalized spacial score (nSPS) is 15.7. The van der Waals surface area contributed by atoms with Crippen molar-refractivity contribution in [3.63, 3.8) is 0 Å². The van der Waals surface area contributed by atoms with Gasteiger partial charge in [-0.3, -0.25) is 0 Å². The first kappa shape index (κ1) is 17.1. The molecule has 0 aromatic carbocycles. The van der Waals surface area contributed by atoms with Crippen LogP contribution >= 0.6 is 0 Å². The Hall–Kier alpha value is -1.88. The van der Waals surface area contributed by atoms with Crippen LogP contribution in [-0.2, 0) is 17.7 Å². The Kier molecular flexibility index (Phi) is 9.08. The summed E-state index contributed by atoms with van der Waals surface area (Å²) in [5, 5.41) is 0. The Morgan fingerprint density at radius 3 is 1.53 bits per heavy atom. The quantitative estimate of drug-likeness (QED) is 0.361. The lowest BCUT2D eigenvalue weighted by molar-refractivity contribution is 0.0703. The van der Waals surface area contributed by atoms with Gasteiger partial charge in [0.2, 0.25) is 0 Å². The highest BCUT2D eigenvalue weighted by molar-refractivity contribution is 6.54. The Bertz CT molecular complexity index is 334. The van der Waals surface area contributed by atoms with Crippen LogP contribution in [0.3, 0.4) is 0 Å². The van der Waals surface area contributed by atoms with Crippen LogP contribution < -0.4 is 0 Å². The highest BCUT2D eigenvalue weighted by atomic mass is 28.4. The van der Waals surface area contributed by atoms with Gasteiger partial charge in [0, 0.05) is 0 Å². The minimum atomic E-state index is -3.36. The van der Waals surface area contributed by atoms with Crippen LogP contribution in [0, 0.1) is 0 Å². The molecule has 106 valence electrons. The molecule has 0 aromatic heterocycles. The molecule has 0 saturated carbocycles. The third-order valence-electron chi connectivity index (χ3n) is 1.77. The van der Waals surface area contributed by atoms with E-state index in [4.69, 9.17) is 17.7 Å². The second-order valence-corrected chi connectivity index (χ2v) is 5.17. The van der Waals surface area contributed by atoms with Crippen molar-refractivity contribution in [2.45, 2.75) is 27.7 Å². The molecule has 4 nitrogen and oxygen atoms in total. The maximum absolute atomic E-state index is 5.70. The van der Waals surface area contributed by atoms with Gasteiger partial charge in [0.1, 0.15) is 5.76 Å². The molecular formula is C14H22O4Si. The summed E-state index contributed by atoms with van der Waals surface area (Å²) in [5.74, 6) is 0.533. The van der Waals surface area contributed by atoms with Gasteiger partial charge >= 0.3 is 9.05 Å². The largest absolute Gasteiger partial charge is 0.965 e. The van der Waals surface area contributed by atoms with Crippen molar-refractivity contribution in [1.82, 2.24) is 0 Å². The second kappa shape index (κ2) is 10.1. The van der Waals surface area contributed by atoms with Crippen molar-refractivity contribution in [2.75, 3.05) is 0 Å². The SMILES string of the molecule is C=CC(=CC)O[Si](OC=CC)(OC=CC)OC=CC. The molecule has 0 aliphatic carbocycles. The Morgan fingerprint density at radius 1 is 0.842 bits per heavy atom. The fourth-order valence-electron chi connectivity index (χ4n) is 0.972. The molecule has 0 aliphatic rings. The van der Waals surface area contributed by atoms with Crippen molar-refractivity contribution in [3.8, 4) is 0 Å². The minimum absolute atomic E-state index is 0.533. The lowest BCUT2D eigenvalue weighted by atomic mass is 10.5. The molecule has 5 heteroatoms. The van der Waals surface area contributed by atoms with Crippen molar-refractivity contribution >= 4 is 9.05 Å². The van der Waals surface area contributed by atoms with Crippen LogP contribution in [0.25, 0.3) is 0 Å². The molecule has 0 spiro atoms. The van der Waals surface area contributed by atoms with E-state index in [1.165, 1.54) is 18.8 Å². The number of rotatable bonds is 9. The predicted molar refractivity (Wildman–Crippen MR) is 78.5 cm³/mol. The lowest BCUT2D eigenvalue weighted by Gasteiger charge is -2.24. The Balaban J connectivity index is 5.23. The van der Waals surface area contributed by atoms with Gasteiger partial charge in [-0.25, -0.2) is 0 Å². The molecule has 0 N–H and O–H groups in total. The zero-order valence-corrected chi connectivity index (χ0v) is 13.0. The van der Waals surface area contributed by atoms with E-state index in [9.17, 15) is 0 Å². The second-order valence-electron chi connectivity index (χ2n) is 3.26.